The second-order valence-electron chi connectivity index (χ2n) is 13.8. The fourth-order valence-electron chi connectivity index (χ4n) is 7.88. The standard InChI is InChI=1S/C59H38/c1-59(2)53-12-4-3-11-49(53)50-28-25-43(34-54(50)59)45-31-44(32-46(33-45)48-27-22-42-20-18-38-8-6-10-40-24-30-52(48)58(42)56(38)40)35-13-15-36(16-14-35)47-26-21-41-19-17-37-7-5-9-39-23-29-51(47)57(41)55(37)39/h3-34H,1-2H3/i1D3,2D3,3D,4D,5D,6D,7D,8D,9D,10D,11D,13D,14D,15D,16D,17D,18D,19D,20D,21D,22D,23D,24D,25D,26D,27D,28D,29D,30D,31D,32D,33D,34D. The third-order valence-corrected chi connectivity index (χ3v) is 10.6. The highest BCUT2D eigenvalue weighted by Crippen LogP contribution is 2.50. The summed E-state index contributed by atoms with van der Waals surface area (Å²) in [6.45, 7) is -7.80. The summed E-state index contributed by atoms with van der Waals surface area (Å²) < 4.78 is 344. The van der Waals surface area contributed by atoms with Gasteiger partial charge in [0.2, 0.25) is 0 Å². The van der Waals surface area contributed by atoms with Crippen molar-refractivity contribution in [3.8, 4) is 55.6 Å². The molecule has 0 fully saturated rings. The molecule has 12 aromatic carbocycles. The molecule has 0 nitrogen and oxygen atoms in total. The van der Waals surface area contributed by atoms with E-state index in [9.17, 15) is 26.0 Å². The summed E-state index contributed by atoms with van der Waals surface area (Å²) in [5.41, 5.74) is -16.0. The normalized spacial score (nSPS) is 22.7. The first-order valence-electron chi connectivity index (χ1n) is 36.3. The van der Waals surface area contributed by atoms with E-state index < -0.39 is 332 Å². The molecule has 0 unspecified atom stereocenters. The van der Waals surface area contributed by atoms with Crippen LogP contribution in [0.1, 0.15) is 75.5 Å². The van der Waals surface area contributed by atoms with Crippen LogP contribution in [0.2, 0.25) is 0 Å². The van der Waals surface area contributed by atoms with Gasteiger partial charge in [0.05, 0.1) is 42.5 Å². The average molecular weight is 784 g/mol. The van der Waals surface area contributed by atoms with Gasteiger partial charge in [-0.2, -0.15) is 0 Å². The Bertz CT molecular complexity index is 5650. The molecule has 0 spiro atoms. The Labute approximate surface area is 395 Å². The van der Waals surface area contributed by atoms with Gasteiger partial charge in [0, 0.05) is 13.6 Å². The molecule has 0 aliphatic heterocycles. The number of fused-ring (bicyclic) bond motifs is 3. The zero-order chi connectivity index (χ0) is 71.0. The first kappa shape index (κ1) is 13.1. The van der Waals surface area contributed by atoms with E-state index in [4.69, 9.17) is 24.7 Å². The Kier molecular flexibility index (Phi) is 2.64. The van der Waals surface area contributed by atoms with E-state index in [1.165, 1.54) is 0 Å². The van der Waals surface area contributed by atoms with Crippen LogP contribution in [0.15, 0.2) is 193 Å². The van der Waals surface area contributed by atoms with E-state index in [0.29, 0.717) is 6.07 Å². The molecule has 0 radical (unpaired) electrons. The number of rotatable bonds is 4. The minimum atomic E-state index is -3.90. The molecule has 274 valence electrons. The van der Waals surface area contributed by atoms with Gasteiger partial charge in [0.1, 0.15) is 0 Å². The first-order valence-corrected chi connectivity index (χ1v) is 17.8. The molecule has 0 heterocycles. The van der Waals surface area contributed by atoms with E-state index in [1.54, 1.807) is 0 Å². The number of hydrogen-bond acceptors (Lipinski definition) is 0. The lowest BCUT2D eigenvalue weighted by molar-refractivity contribution is 0.660. The monoisotopic (exact) mass is 784 g/mol. The van der Waals surface area contributed by atoms with Gasteiger partial charge in [-0.3, -0.25) is 0 Å². The lowest BCUT2D eigenvalue weighted by atomic mass is 9.81. The van der Waals surface area contributed by atoms with E-state index in [0.717, 1.165) is 0 Å². The molecule has 0 saturated heterocycles. The van der Waals surface area contributed by atoms with Crippen LogP contribution in [0.5, 0.6) is 0 Å². The molecule has 0 N–H and O–H groups in total. The highest BCUT2D eigenvalue weighted by molar-refractivity contribution is 6.26. The minimum Gasteiger partial charge on any atom is -0.0619 e. The van der Waals surface area contributed by atoms with E-state index in [-0.39, 0.29) is 5.39 Å². The molecule has 0 aromatic heterocycles. The number of hydrogen-bond donors (Lipinski definition) is 0. The Hall–Kier alpha value is -7.28. The Morgan fingerprint density at radius 3 is 1.39 bits per heavy atom. The third kappa shape index (κ3) is 4.66. The molecule has 12 aromatic rings. The largest absolute Gasteiger partial charge is 0.0636 e. The molecular formula is C59H38. The number of benzene rings is 12. The summed E-state index contributed by atoms with van der Waals surface area (Å²) >= 11 is 0. The lowest BCUT2D eigenvalue weighted by Crippen LogP contribution is -2.14. The minimum absolute atomic E-state index is 0.362. The third-order valence-electron chi connectivity index (χ3n) is 10.6. The van der Waals surface area contributed by atoms with Crippen molar-refractivity contribution >= 4 is 64.6 Å². The summed E-state index contributed by atoms with van der Waals surface area (Å²) in [7, 11) is 0. The van der Waals surface area contributed by atoms with Crippen molar-refractivity contribution in [2.75, 3.05) is 0 Å². The molecule has 1 aliphatic carbocycles. The van der Waals surface area contributed by atoms with Gasteiger partial charge in [0.15, 0.2) is 0 Å². The van der Waals surface area contributed by atoms with E-state index in [2.05, 4.69) is 0 Å². The van der Waals surface area contributed by atoms with Crippen LogP contribution in [0, 0.1) is 0 Å². The summed E-state index contributed by atoms with van der Waals surface area (Å²) in [5, 5.41) is -6.42. The zero-order valence-electron chi connectivity index (χ0n) is 66.6. The molecular weight excluding hydrogens is 709 g/mol. The molecule has 1 aliphatic rings. The highest BCUT2D eigenvalue weighted by atomic mass is 14.4. The van der Waals surface area contributed by atoms with E-state index >= 15 is 0 Å². The van der Waals surface area contributed by atoms with Crippen LogP contribution in [-0.2, 0) is 5.41 Å². The molecule has 0 bridgehead atoms. The average Bonchev–Trinajstić information content (AvgIpc) is 1.29. The van der Waals surface area contributed by atoms with Crippen molar-refractivity contribution in [1.29, 1.82) is 0 Å². The Morgan fingerprint density at radius 2 is 0.780 bits per heavy atom. The fraction of sp³-hybridized carbons (Fsp3) is 0.0508. The molecule has 59 heavy (non-hydrogen) atoms. The summed E-state index contributed by atoms with van der Waals surface area (Å²) in [4.78, 5) is 0. The van der Waals surface area contributed by atoms with Crippen LogP contribution in [-0.4, -0.2) is 0 Å². The Balaban J connectivity index is 1.25. The van der Waals surface area contributed by atoms with Crippen LogP contribution in [0.4, 0.5) is 0 Å². The van der Waals surface area contributed by atoms with Crippen LogP contribution in [0.3, 0.4) is 0 Å². The van der Waals surface area contributed by atoms with Gasteiger partial charge in [-0.15, -0.1) is 0 Å². The molecule has 0 atom stereocenters. The topological polar surface area (TPSA) is 0 Å². The lowest BCUT2D eigenvalue weighted by Gasteiger charge is -2.22. The molecule has 13 rings (SSSR count). The zero-order valence-corrected chi connectivity index (χ0v) is 29.6. The van der Waals surface area contributed by atoms with Crippen molar-refractivity contribution in [2.45, 2.75) is 19.1 Å². The highest BCUT2D eigenvalue weighted by Gasteiger charge is 2.35. The quantitative estimate of drug-likeness (QED) is 0.156. The molecule has 0 amide bonds. The van der Waals surface area contributed by atoms with E-state index in [1.807, 2.05) is 0 Å². The van der Waals surface area contributed by atoms with Gasteiger partial charge in [-0.1, -0.05) is 183 Å². The van der Waals surface area contributed by atoms with Crippen molar-refractivity contribution < 1.29 is 50.7 Å². The van der Waals surface area contributed by atoms with Crippen molar-refractivity contribution in [1.82, 2.24) is 0 Å². The van der Waals surface area contributed by atoms with Gasteiger partial charge < -0.3 is 0 Å². The van der Waals surface area contributed by atoms with Gasteiger partial charge in [0.25, 0.3) is 0 Å². The summed E-state index contributed by atoms with van der Waals surface area (Å²) in [5.74, 6) is 0. The van der Waals surface area contributed by atoms with Crippen molar-refractivity contribution in [2.24, 2.45) is 0 Å². The maximum Gasteiger partial charge on any atom is 0.0636 e. The van der Waals surface area contributed by atoms with Gasteiger partial charge in [-0.25, -0.2) is 0 Å². The smallest absolute Gasteiger partial charge is 0.0619 e. The van der Waals surface area contributed by atoms with Crippen LogP contribution in [0.25, 0.3) is 120 Å². The fourth-order valence-corrected chi connectivity index (χ4v) is 7.88. The van der Waals surface area contributed by atoms with Gasteiger partial charge >= 0.3 is 0 Å². The second kappa shape index (κ2) is 11.9. The SMILES string of the molecule is [2H]c1cc2c(c([2H])c1[2H])-c1c([2H])c([2H])c(-c3c([2H])c(-c4c([2H])c([2H])c(-c5c([2H])c([2H])c6c([2H])c([2H])c7c([2H])c([2H])c([2H])c8c([2H])c([2H])c5c6c78)c([2H])c4[2H])c([2H])c(-c4c([2H])c([2H])c5c([2H])c([2H])c6c([2H])c([2H])c([2H])c7c([2H])c([2H])c4c5c67)c3[2H])c([2H])c1C2(C([2H])([2H])[2H])C([2H])([2H])[2H]. The predicted molar refractivity (Wildman–Crippen MR) is 253 cm³/mol. The van der Waals surface area contributed by atoms with Crippen LogP contribution < -0.4 is 0 Å². The maximum atomic E-state index is 10.3. The maximum absolute atomic E-state index is 10.3. The first-order chi connectivity index (χ1) is 44.5. The van der Waals surface area contributed by atoms with Crippen molar-refractivity contribution in [3.05, 3.63) is 205 Å². The molecule has 0 saturated carbocycles. The second-order valence-corrected chi connectivity index (χ2v) is 13.8. The molecule has 0 heteroatoms. The van der Waals surface area contributed by atoms with Crippen LogP contribution >= 0.6 is 0 Å². The van der Waals surface area contributed by atoms with Crippen molar-refractivity contribution in [3.63, 3.8) is 0 Å². The summed E-state index contributed by atoms with van der Waals surface area (Å²) in [6, 6.07) is -31.3. The summed E-state index contributed by atoms with van der Waals surface area (Å²) in [6.07, 6.45) is 0. The Morgan fingerprint density at radius 1 is 0.322 bits per heavy atom. The predicted octanol–water partition coefficient (Wildman–Crippen LogP) is 16.5. The van der Waals surface area contributed by atoms with Gasteiger partial charge in [-0.05, 0) is 156 Å².